The zero-order valence-electron chi connectivity index (χ0n) is 9.45. The van der Waals surface area contributed by atoms with E-state index in [9.17, 15) is 13.2 Å². The Balaban J connectivity index is 3.10. The molecule has 1 unspecified atom stereocenters. The molecule has 0 aromatic carbocycles. The first-order valence-corrected chi connectivity index (χ1v) is 5.88. The Morgan fingerprint density at radius 1 is 1.31 bits per heavy atom. The number of alkyl halides is 4. The molecule has 0 aromatic heterocycles. The van der Waals surface area contributed by atoms with Crippen LogP contribution in [0.15, 0.2) is 0 Å². The summed E-state index contributed by atoms with van der Waals surface area (Å²) in [5, 5.41) is 3.28. The SMILES string of the molecule is CCC(Cl)CCNCCCOCC(F)(F)F. The summed E-state index contributed by atoms with van der Waals surface area (Å²) in [5.41, 5.74) is 0. The number of hydrogen-bond acceptors (Lipinski definition) is 2. The van der Waals surface area contributed by atoms with Crippen LogP contribution in [0.1, 0.15) is 26.2 Å². The molecule has 98 valence electrons. The van der Waals surface area contributed by atoms with Crippen molar-refractivity contribution < 1.29 is 17.9 Å². The van der Waals surface area contributed by atoms with Crippen LogP contribution in [-0.4, -0.2) is 37.9 Å². The molecular formula is C10H19ClF3NO. The summed E-state index contributed by atoms with van der Waals surface area (Å²) in [6, 6.07) is 0. The van der Waals surface area contributed by atoms with Gasteiger partial charge in [0.1, 0.15) is 6.61 Å². The summed E-state index contributed by atoms with van der Waals surface area (Å²) in [5.74, 6) is 0. The predicted molar refractivity (Wildman–Crippen MR) is 58.9 cm³/mol. The van der Waals surface area contributed by atoms with Crippen molar-refractivity contribution in [1.82, 2.24) is 5.32 Å². The first-order chi connectivity index (χ1) is 7.45. The maximum Gasteiger partial charge on any atom is 0.411 e. The van der Waals surface area contributed by atoms with Crippen LogP contribution in [0.5, 0.6) is 0 Å². The van der Waals surface area contributed by atoms with Crippen LogP contribution in [0.3, 0.4) is 0 Å². The summed E-state index contributed by atoms with van der Waals surface area (Å²) in [6.07, 6.45) is -1.84. The van der Waals surface area contributed by atoms with Gasteiger partial charge in [-0.2, -0.15) is 13.2 Å². The largest absolute Gasteiger partial charge is 0.411 e. The lowest BCUT2D eigenvalue weighted by Crippen LogP contribution is -2.22. The third kappa shape index (κ3) is 12.1. The highest BCUT2D eigenvalue weighted by Gasteiger charge is 2.27. The molecule has 0 heterocycles. The minimum absolute atomic E-state index is 0.130. The molecule has 0 bridgehead atoms. The van der Waals surface area contributed by atoms with Crippen molar-refractivity contribution >= 4 is 11.6 Å². The third-order valence-electron chi connectivity index (χ3n) is 1.99. The number of ether oxygens (including phenoxy) is 1. The van der Waals surface area contributed by atoms with Gasteiger partial charge in [-0.1, -0.05) is 6.92 Å². The molecule has 1 N–H and O–H groups in total. The van der Waals surface area contributed by atoms with Gasteiger partial charge in [0.15, 0.2) is 0 Å². The lowest BCUT2D eigenvalue weighted by Gasteiger charge is -2.09. The van der Waals surface area contributed by atoms with E-state index in [1.165, 1.54) is 0 Å². The van der Waals surface area contributed by atoms with Gasteiger partial charge in [-0.25, -0.2) is 0 Å². The van der Waals surface area contributed by atoms with E-state index in [0.717, 1.165) is 19.4 Å². The molecule has 6 heteroatoms. The molecule has 0 aliphatic rings. The molecule has 0 aromatic rings. The minimum Gasteiger partial charge on any atom is -0.372 e. The topological polar surface area (TPSA) is 21.3 Å². The average molecular weight is 262 g/mol. The van der Waals surface area contributed by atoms with Crippen molar-refractivity contribution in [2.45, 2.75) is 37.7 Å². The van der Waals surface area contributed by atoms with Crippen LogP contribution >= 0.6 is 11.6 Å². The molecule has 0 amide bonds. The van der Waals surface area contributed by atoms with Crippen molar-refractivity contribution in [3.63, 3.8) is 0 Å². The van der Waals surface area contributed by atoms with E-state index >= 15 is 0 Å². The zero-order chi connectivity index (χ0) is 12.4. The highest BCUT2D eigenvalue weighted by atomic mass is 35.5. The summed E-state index contributed by atoms with van der Waals surface area (Å²) in [6.45, 7) is 2.44. The number of hydrogen-bond donors (Lipinski definition) is 1. The standard InChI is InChI=1S/C10H19ClF3NO/c1-2-9(11)4-6-15-5-3-7-16-8-10(12,13)14/h9,15H,2-8H2,1H3. The Kier molecular flexibility index (Phi) is 9.07. The normalized spacial score (nSPS) is 14.1. The van der Waals surface area contributed by atoms with Crippen molar-refractivity contribution in [3.05, 3.63) is 0 Å². The molecule has 0 rings (SSSR count). The van der Waals surface area contributed by atoms with Crippen LogP contribution in [0, 0.1) is 0 Å². The van der Waals surface area contributed by atoms with Crippen LogP contribution in [0.4, 0.5) is 13.2 Å². The zero-order valence-corrected chi connectivity index (χ0v) is 10.2. The minimum atomic E-state index is -4.22. The first kappa shape index (κ1) is 16.0. The van der Waals surface area contributed by atoms with E-state index in [0.29, 0.717) is 13.0 Å². The molecule has 0 aliphatic carbocycles. The van der Waals surface area contributed by atoms with Gasteiger partial charge >= 0.3 is 6.18 Å². The van der Waals surface area contributed by atoms with Gasteiger partial charge in [-0.15, -0.1) is 11.6 Å². The summed E-state index contributed by atoms with van der Waals surface area (Å²) >= 11 is 5.89. The molecule has 0 radical (unpaired) electrons. The van der Waals surface area contributed by atoms with E-state index in [1.54, 1.807) is 0 Å². The summed E-state index contributed by atoms with van der Waals surface area (Å²) in [7, 11) is 0. The fraction of sp³-hybridized carbons (Fsp3) is 1.00. The maximum atomic E-state index is 11.7. The molecule has 16 heavy (non-hydrogen) atoms. The van der Waals surface area contributed by atoms with Gasteiger partial charge in [-0.05, 0) is 32.4 Å². The Hall–Kier alpha value is -0.0000000000000000555. The molecule has 0 aliphatic heterocycles. The maximum absolute atomic E-state index is 11.7. The Morgan fingerprint density at radius 2 is 2.00 bits per heavy atom. The lowest BCUT2D eigenvalue weighted by molar-refractivity contribution is -0.173. The van der Waals surface area contributed by atoms with Gasteiger partial charge < -0.3 is 10.1 Å². The van der Waals surface area contributed by atoms with E-state index in [1.807, 2.05) is 6.92 Å². The Labute approximate surface area is 99.5 Å². The fourth-order valence-electron chi connectivity index (χ4n) is 1.07. The van der Waals surface area contributed by atoms with Crippen LogP contribution in [0.25, 0.3) is 0 Å². The van der Waals surface area contributed by atoms with Gasteiger partial charge in [0.2, 0.25) is 0 Å². The average Bonchev–Trinajstić information content (AvgIpc) is 2.20. The number of nitrogens with one attached hydrogen (secondary N) is 1. The Morgan fingerprint density at radius 3 is 2.56 bits per heavy atom. The quantitative estimate of drug-likeness (QED) is 0.509. The van der Waals surface area contributed by atoms with Crippen molar-refractivity contribution in [1.29, 1.82) is 0 Å². The smallest absolute Gasteiger partial charge is 0.372 e. The lowest BCUT2D eigenvalue weighted by atomic mass is 10.2. The highest BCUT2D eigenvalue weighted by Crippen LogP contribution is 2.14. The van der Waals surface area contributed by atoms with Gasteiger partial charge in [0, 0.05) is 12.0 Å². The molecule has 0 fully saturated rings. The van der Waals surface area contributed by atoms with Gasteiger partial charge in [0.05, 0.1) is 0 Å². The van der Waals surface area contributed by atoms with E-state index in [2.05, 4.69) is 10.1 Å². The molecule has 1 atom stereocenters. The second kappa shape index (κ2) is 9.07. The van der Waals surface area contributed by atoms with Crippen molar-refractivity contribution in [2.24, 2.45) is 0 Å². The second-order valence-electron chi connectivity index (χ2n) is 3.57. The van der Waals surface area contributed by atoms with Crippen LogP contribution < -0.4 is 5.32 Å². The number of rotatable bonds is 9. The summed E-state index contributed by atoms with van der Waals surface area (Å²) < 4.78 is 39.4. The molecule has 2 nitrogen and oxygen atoms in total. The van der Waals surface area contributed by atoms with E-state index in [-0.39, 0.29) is 12.0 Å². The molecule has 0 spiro atoms. The molecular weight excluding hydrogens is 243 g/mol. The summed E-state index contributed by atoms with van der Waals surface area (Å²) in [4.78, 5) is 0. The van der Waals surface area contributed by atoms with Crippen molar-refractivity contribution in [2.75, 3.05) is 26.3 Å². The van der Waals surface area contributed by atoms with Crippen LogP contribution in [0.2, 0.25) is 0 Å². The number of halogens is 4. The van der Waals surface area contributed by atoms with Crippen molar-refractivity contribution in [3.8, 4) is 0 Å². The first-order valence-electron chi connectivity index (χ1n) is 5.45. The Bertz CT molecular complexity index is 167. The van der Waals surface area contributed by atoms with Crippen LogP contribution in [-0.2, 0) is 4.74 Å². The monoisotopic (exact) mass is 261 g/mol. The van der Waals surface area contributed by atoms with E-state index < -0.39 is 12.8 Å². The highest BCUT2D eigenvalue weighted by molar-refractivity contribution is 6.20. The fourth-order valence-corrected chi connectivity index (χ4v) is 1.18. The predicted octanol–water partition coefficient (Wildman–Crippen LogP) is 2.95. The third-order valence-corrected chi connectivity index (χ3v) is 2.51. The van der Waals surface area contributed by atoms with Gasteiger partial charge in [0.25, 0.3) is 0 Å². The van der Waals surface area contributed by atoms with Gasteiger partial charge in [-0.3, -0.25) is 0 Å². The molecule has 0 saturated carbocycles. The molecule has 0 saturated heterocycles. The van der Waals surface area contributed by atoms with E-state index in [4.69, 9.17) is 11.6 Å². The second-order valence-corrected chi connectivity index (χ2v) is 4.18.